The van der Waals surface area contributed by atoms with Crippen molar-refractivity contribution in [3.8, 4) is 17.1 Å². The summed E-state index contributed by atoms with van der Waals surface area (Å²) in [5.41, 5.74) is 3.18. The van der Waals surface area contributed by atoms with Crippen molar-refractivity contribution in [1.29, 1.82) is 0 Å². The first-order chi connectivity index (χ1) is 17.1. The van der Waals surface area contributed by atoms with Gasteiger partial charge in [0.25, 0.3) is 5.91 Å². The highest BCUT2D eigenvalue weighted by molar-refractivity contribution is 6.05. The summed E-state index contributed by atoms with van der Waals surface area (Å²) in [6.45, 7) is 0. The van der Waals surface area contributed by atoms with Crippen LogP contribution in [0.4, 0.5) is 21.7 Å². The van der Waals surface area contributed by atoms with Crippen LogP contribution < -0.4 is 15.4 Å². The number of nitrogens with zero attached hydrogens (tertiary/aromatic N) is 4. The van der Waals surface area contributed by atoms with Gasteiger partial charge in [-0.25, -0.2) is 14.4 Å². The fourth-order valence-electron chi connectivity index (χ4n) is 3.52. The Morgan fingerprint density at radius 1 is 0.914 bits per heavy atom. The lowest BCUT2D eigenvalue weighted by Gasteiger charge is -2.10. The van der Waals surface area contributed by atoms with Crippen molar-refractivity contribution in [1.82, 2.24) is 19.9 Å². The first kappa shape index (κ1) is 21.9. The van der Waals surface area contributed by atoms with Crippen LogP contribution in [-0.2, 0) is 0 Å². The second-order valence-corrected chi connectivity index (χ2v) is 7.54. The second-order valence-electron chi connectivity index (χ2n) is 7.54. The minimum atomic E-state index is -0.417. The molecule has 172 valence electrons. The topological polar surface area (TPSA) is 102 Å². The van der Waals surface area contributed by atoms with E-state index in [4.69, 9.17) is 4.74 Å². The molecule has 5 aromatic rings. The van der Waals surface area contributed by atoms with Gasteiger partial charge in [0.05, 0.1) is 18.2 Å². The number of aromatic nitrogens is 4. The number of benzene rings is 3. The van der Waals surface area contributed by atoms with Crippen LogP contribution >= 0.6 is 0 Å². The third-order valence-electron chi connectivity index (χ3n) is 5.24. The molecule has 2 N–H and O–H groups in total. The molecule has 5 rings (SSSR count). The molecule has 1 amide bonds. The van der Waals surface area contributed by atoms with Gasteiger partial charge in [0, 0.05) is 34.6 Å². The van der Waals surface area contributed by atoms with Gasteiger partial charge in [-0.3, -0.25) is 9.78 Å². The first-order valence-corrected chi connectivity index (χ1v) is 10.7. The molecule has 9 heteroatoms. The molecular formula is C26H19FN6O2. The van der Waals surface area contributed by atoms with Crippen LogP contribution in [-0.4, -0.2) is 33.0 Å². The van der Waals surface area contributed by atoms with Crippen LogP contribution in [0.15, 0.2) is 85.3 Å². The zero-order valence-electron chi connectivity index (χ0n) is 18.6. The average molecular weight is 466 g/mol. The number of amides is 1. The average Bonchev–Trinajstić information content (AvgIpc) is 2.89. The summed E-state index contributed by atoms with van der Waals surface area (Å²) in [5.74, 6) is 0.291. The van der Waals surface area contributed by atoms with E-state index in [1.54, 1.807) is 36.5 Å². The van der Waals surface area contributed by atoms with E-state index in [2.05, 4.69) is 30.6 Å². The van der Waals surface area contributed by atoms with E-state index in [-0.39, 0.29) is 5.91 Å². The summed E-state index contributed by atoms with van der Waals surface area (Å²) in [6.07, 6.45) is 3.07. The molecule has 0 unspecified atom stereocenters. The third kappa shape index (κ3) is 4.88. The fourth-order valence-corrected chi connectivity index (χ4v) is 3.52. The Bertz CT molecular complexity index is 1520. The number of anilines is 3. The highest BCUT2D eigenvalue weighted by atomic mass is 19.1. The largest absolute Gasteiger partial charge is 0.496 e. The molecule has 0 aliphatic rings. The number of carbonyl (C=O) groups excluding carboxylic acids is 1. The summed E-state index contributed by atoms with van der Waals surface area (Å²) in [5, 5.41) is 6.97. The third-order valence-corrected chi connectivity index (χ3v) is 5.24. The minimum absolute atomic E-state index is 0.238. The fraction of sp³-hybridized carbons (Fsp3) is 0.0385. The smallest absolute Gasteiger partial charge is 0.255 e. The molecule has 0 spiro atoms. The lowest BCUT2D eigenvalue weighted by Crippen LogP contribution is -2.11. The number of methoxy groups -OCH3 is 1. The number of ether oxygens (including phenoxy) is 1. The maximum Gasteiger partial charge on any atom is 0.255 e. The van der Waals surface area contributed by atoms with Crippen molar-refractivity contribution >= 4 is 34.1 Å². The van der Waals surface area contributed by atoms with Gasteiger partial charge in [0.15, 0.2) is 5.82 Å². The molecule has 0 saturated heterocycles. The Morgan fingerprint density at radius 3 is 2.57 bits per heavy atom. The summed E-state index contributed by atoms with van der Waals surface area (Å²) < 4.78 is 18.7. The Morgan fingerprint density at radius 2 is 1.74 bits per heavy atom. The zero-order valence-corrected chi connectivity index (χ0v) is 18.6. The predicted molar refractivity (Wildman–Crippen MR) is 131 cm³/mol. The number of fused-ring (bicyclic) bond motifs is 1. The van der Waals surface area contributed by atoms with Crippen molar-refractivity contribution in [2.45, 2.75) is 0 Å². The number of pyridine rings is 1. The number of carbonyl (C=O) groups is 1. The molecule has 3 aromatic carbocycles. The number of hydrogen-bond donors (Lipinski definition) is 2. The van der Waals surface area contributed by atoms with E-state index in [1.165, 1.54) is 25.6 Å². The zero-order chi connectivity index (χ0) is 24.2. The molecule has 0 aliphatic heterocycles. The molecule has 8 nitrogen and oxygen atoms in total. The van der Waals surface area contributed by atoms with Gasteiger partial charge >= 0.3 is 0 Å². The molecule has 0 saturated carbocycles. The summed E-state index contributed by atoms with van der Waals surface area (Å²) in [7, 11) is 1.45. The van der Waals surface area contributed by atoms with Crippen molar-refractivity contribution < 1.29 is 13.9 Å². The van der Waals surface area contributed by atoms with Crippen LogP contribution in [0.1, 0.15) is 10.4 Å². The molecular weight excluding hydrogens is 447 g/mol. The number of halogens is 1. The molecule has 35 heavy (non-hydrogen) atoms. The highest BCUT2D eigenvalue weighted by Crippen LogP contribution is 2.28. The van der Waals surface area contributed by atoms with Gasteiger partial charge in [0.2, 0.25) is 5.95 Å². The van der Waals surface area contributed by atoms with Crippen molar-refractivity contribution in [2.75, 3.05) is 17.7 Å². The number of rotatable bonds is 6. The normalized spacial score (nSPS) is 10.7. The SMILES string of the molecule is COc1cc(F)ccc1-c1ncnc(Nc2ccc(C(=O)Nc3ccc4cccnc4c3)cc2)n1. The lowest BCUT2D eigenvalue weighted by atomic mass is 10.1. The van der Waals surface area contributed by atoms with Gasteiger partial charge in [-0.05, 0) is 54.6 Å². The standard InChI is InChI=1S/C26H19FN6O2/c1-35-23-13-18(27)7-11-21(23)24-29-15-30-26(33-24)32-19-8-5-17(6-9-19)25(34)31-20-10-4-16-3-2-12-28-22(16)14-20/h2-15H,1H3,(H,31,34)(H,29,30,32,33). The van der Waals surface area contributed by atoms with Gasteiger partial charge in [0.1, 0.15) is 17.9 Å². The molecule has 2 aromatic heterocycles. The molecule has 2 heterocycles. The van der Waals surface area contributed by atoms with Crippen LogP contribution in [0.3, 0.4) is 0 Å². The quantitative estimate of drug-likeness (QED) is 0.353. The Balaban J connectivity index is 1.29. The maximum atomic E-state index is 13.5. The monoisotopic (exact) mass is 466 g/mol. The van der Waals surface area contributed by atoms with E-state index >= 15 is 0 Å². The minimum Gasteiger partial charge on any atom is -0.496 e. The van der Waals surface area contributed by atoms with Crippen LogP contribution in [0.5, 0.6) is 5.75 Å². The van der Waals surface area contributed by atoms with Crippen LogP contribution in [0.25, 0.3) is 22.3 Å². The van der Waals surface area contributed by atoms with E-state index in [1.807, 2.05) is 30.3 Å². The number of nitrogens with one attached hydrogen (secondary N) is 2. The Hall–Kier alpha value is -4.92. The van der Waals surface area contributed by atoms with E-state index < -0.39 is 5.82 Å². The van der Waals surface area contributed by atoms with Crippen LogP contribution in [0, 0.1) is 5.82 Å². The van der Waals surface area contributed by atoms with Gasteiger partial charge in [-0.15, -0.1) is 0 Å². The Labute approximate surface area is 199 Å². The maximum absolute atomic E-state index is 13.5. The van der Waals surface area contributed by atoms with Gasteiger partial charge in [-0.2, -0.15) is 4.98 Å². The number of hydrogen-bond acceptors (Lipinski definition) is 7. The molecule has 0 bridgehead atoms. The Kier molecular flexibility index (Phi) is 5.96. The molecule has 0 atom stereocenters. The molecule has 0 radical (unpaired) electrons. The van der Waals surface area contributed by atoms with Gasteiger partial charge in [-0.1, -0.05) is 12.1 Å². The van der Waals surface area contributed by atoms with Crippen LogP contribution in [0.2, 0.25) is 0 Å². The molecule has 0 aliphatic carbocycles. The van der Waals surface area contributed by atoms with E-state index in [0.29, 0.717) is 40.0 Å². The summed E-state index contributed by atoms with van der Waals surface area (Å²) in [6, 6.07) is 20.4. The van der Waals surface area contributed by atoms with E-state index in [0.717, 1.165) is 10.9 Å². The summed E-state index contributed by atoms with van der Waals surface area (Å²) in [4.78, 5) is 29.7. The summed E-state index contributed by atoms with van der Waals surface area (Å²) >= 11 is 0. The predicted octanol–water partition coefficient (Wildman–Crippen LogP) is 5.23. The van der Waals surface area contributed by atoms with Crippen molar-refractivity contribution in [2.24, 2.45) is 0 Å². The molecule has 0 fully saturated rings. The lowest BCUT2D eigenvalue weighted by molar-refractivity contribution is 0.102. The van der Waals surface area contributed by atoms with E-state index in [9.17, 15) is 9.18 Å². The van der Waals surface area contributed by atoms with Gasteiger partial charge < -0.3 is 15.4 Å². The van der Waals surface area contributed by atoms with Crippen molar-refractivity contribution in [3.05, 3.63) is 96.7 Å². The van der Waals surface area contributed by atoms with Crippen molar-refractivity contribution in [3.63, 3.8) is 0 Å². The first-order valence-electron chi connectivity index (χ1n) is 10.7. The second kappa shape index (κ2) is 9.52. The highest BCUT2D eigenvalue weighted by Gasteiger charge is 2.12.